The minimum Gasteiger partial charge on any atom is -0.481 e. The smallest absolute Gasteiger partial charge is 0.317 e. The summed E-state index contributed by atoms with van der Waals surface area (Å²) in [5.41, 5.74) is -0.817. The topological polar surface area (TPSA) is 88.1 Å². The van der Waals surface area contributed by atoms with Crippen LogP contribution in [0.5, 0.6) is 0 Å². The van der Waals surface area contributed by atoms with E-state index < -0.39 is 11.4 Å². The third kappa shape index (κ3) is 4.57. The molecular formula is C14H26N2O5. The van der Waals surface area contributed by atoms with E-state index >= 15 is 0 Å². The second-order valence-electron chi connectivity index (χ2n) is 5.46. The zero-order chi connectivity index (χ0) is 15.9. The number of carboxylic acid groups (broad SMARTS) is 1. The van der Waals surface area contributed by atoms with Crippen LogP contribution in [0, 0.1) is 5.41 Å². The van der Waals surface area contributed by atoms with Crippen LogP contribution in [0.1, 0.15) is 26.2 Å². The number of amides is 2. The fourth-order valence-electron chi connectivity index (χ4n) is 2.63. The van der Waals surface area contributed by atoms with Crippen molar-refractivity contribution >= 4 is 12.0 Å². The van der Waals surface area contributed by atoms with E-state index in [1.54, 1.807) is 19.1 Å². The average molecular weight is 302 g/mol. The quantitative estimate of drug-likeness (QED) is 0.730. The van der Waals surface area contributed by atoms with Crippen molar-refractivity contribution in [1.82, 2.24) is 10.2 Å². The summed E-state index contributed by atoms with van der Waals surface area (Å²) in [5, 5.41) is 12.2. The normalized spacial score (nSPS) is 23.7. The Hall–Kier alpha value is -1.34. The van der Waals surface area contributed by atoms with E-state index in [0.717, 1.165) is 0 Å². The van der Waals surface area contributed by atoms with Gasteiger partial charge in [-0.15, -0.1) is 0 Å². The molecule has 21 heavy (non-hydrogen) atoms. The molecule has 1 heterocycles. The fourth-order valence-corrected chi connectivity index (χ4v) is 2.63. The van der Waals surface area contributed by atoms with Gasteiger partial charge in [0.15, 0.2) is 0 Å². The molecular weight excluding hydrogens is 276 g/mol. The number of carbonyl (C=O) groups excluding carboxylic acids is 1. The zero-order valence-corrected chi connectivity index (χ0v) is 13.1. The van der Waals surface area contributed by atoms with Gasteiger partial charge >= 0.3 is 12.0 Å². The summed E-state index contributed by atoms with van der Waals surface area (Å²) in [6.07, 6.45) is 1.64. The van der Waals surface area contributed by atoms with E-state index in [0.29, 0.717) is 39.0 Å². The number of ether oxygens (including phenoxy) is 2. The highest BCUT2D eigenvalue weighted by Gasteiger charge is 2.42. The molecule has 1 saturated heterocycles. The van der Waals surface area contributed by atoms with Crippen molar-refractivity contribution in [3.05, 3.63) is 0 Å². The van der Waals surface area contributed by atoms with E-state index in [9.17, 15) is 14.7 Å². The number of hydrogen-bond acceptors (Lipinski definition) is 4. The molecule has 0 saturated carbocycles. The highest BCUT2D eigenvalue weighted by molar-refractivity contribution is 5.78. The number of carboxylic acids is 1. The van der Waals surface area contributed by atoms with Crippen LogP contribution in [-0.4, -0.2) is 68.6 Å². The number of rotatable bonds is 7. The summed E-state index contributed by atoms with van der Waals surface area (Å²) in [4.78, 5) is 25.2. The molecule has 0 radical (unpaired) electrons. The van der Waals surface area contributed by atoms with Crippen molar-refractivity contribution in [3.63, 3.8) is 0 Å². The third-order valence-corrected chi connectivity index (χ3v) is 4.16. The highest BCUT2D eigenvalue weighted by atomic mass is 16.5. The molecule has 2 N–H and O–H groups in total. The number of carbonyl (C=O) groups is 2. The minimum absolute atomic E-state index is 0.209. The number of methoxy groups -OCH3 is 2. The van der Waals surface area contributed by atoms with Crippen LogP contribution in [0.3, 0.4) is 0 Å². The number of likely N-dealkylation sites (tertiary alicyclic amines) is 1. The molecule has 2 unspecified atom stereocenters. The SMILES string of the molecule is CCC1(C(=O)O)CCCN(C(=O)NCC(COC)OC)C1. The van der Waals surface area contributed by atoms with Gasteiger partial charge in [-0.25, -0.2) is 4.79 Å². The molecule has 1 aliphatic heterocycles. The van der Waals surface area contributed by atoms with Gasteiger partial charge in [-0.2, -0.15) is 0 Å². The van der Waals surface area contributed by atoms with Gasteiger partial charge in [-0.1, -0.05) is 6.92 Å². The Labute approximate surface area is 125 Å². The van der Waals surface area contributed by atoms with Crippen LogP contribution >= 0.6 is 0 Å². The average Bonchev–Trinajstić information content (AvgIpc) is 2.50. The number of piperidine rings is 1. The molecule has 1 rings (SSSR count). The summed E-state index contributed by atoms with van der Waals surface area (Å²) in [7, 11) is 3.13. The van der Waals surface area contributed by atoms with E-state index in [-0.39, 0.29) is 18.7 Å². The van der Waals surface area contributed by atoms with Gasteiger partial charge < -0.3 is 24.8 Å². The highest BCUT2D eigenvalue weighted by Crippen LogP contribution is 2.33. The molecule has 122 valence electrons. The molecule has 1 fully saturated rings. The lowest BCUT2D eigenvalue weighted by Gasteiger charge is -2.39. The Balaban J connectivity index is 2.56. The van der Waals surface area contributed by atoms with Crippen LogP contribution in [0.25, 0.3) is 0 Å². The first-order valence-electron chi connectivity index (χ1n) is 7.27. The monoisotopic (exact) mass is 302 g/mol. The van der Waals surface area contributed by atoms with Gasteiger partial charge in [0, 0.05) is 33.9 Å². The molecule has 7 nitrogen and oxygen atoms in total. The van der Waals surface area contributed by atoms with Crippen molar-refractivity contribution in [2.24, 2.45) is 5.41 Å². The van der Waals surface area contributed by atoms with E-state index in [1.807, 2.05) is 6.92 Å². The van der Waals surface area contributed by atoms with Crippen molar-refractivity contribution in [1.29, 1.82) is 0 Å². The number of hydrogen-bond donors (Lipinski definition) is 2. The summed E-state index contributed by atoms with van der Waals surface area (Å²) in [6, 6.07) is -0.244. The second-order valence-corrected chi connectivity index (χ2v) is 5.46. The minimum atomic E-state index is -0.823. The second kappa shape index (κ2) is 8.19. The fraction of sp³-hybridized carbons (Fsp3) is 0.857. The molecule has 0 bridgehead atoms. The van der Waals surface area contributed by atoms with Gasteiger partial charge in [-0.3, -0.25) is 4.79 Å². The van der Waals surface area contributed by atoms with Gasteiger partial charge in [0.25, 0.3) is 0 Å². The van der Waals surface area contributed by atoms with Gasteiger partial charge in [0.2, 0.25) is 0 Å². The van der Waals surface area contributed by atoms with Crippen LogP contribution < -0.4 is 5.32 Å². The van der Waals surface area contributed by atoms with E-state index in [1.165, 1.54) is 0 Å². The predicted molar refractivity (Wildman–Crippen MR) is 77.2 cm³/mol. The first-order chi connectivity index (χ1) is 9.99. The number of nitrogens with zero attached hydrogens (tertiary/aromatic N) is 1. The molecule has 7 heteroatoms. The summed E-state index contributed by atoms with van der Waals surface area (Å²) in [5.74, 6) is -0.823. The van der Waals surface area contributed by atoms with E-state index in [4.69, 9.17) is 9.47 Å². The maximum atomic E-state index is 12.2. The largest absolute Gasteiger partial charge is 0.481 e. The van der Waals surface area contributed by atoms with Crippen LogP contribution in [0.2, 0.25) is 0 Å². The molecule has 2 atom stereocenters. The number of urea groups is 1. The maximum Gasteiger partial charge on any atom is 0.317 e. The molecule has 0 spiro atoms. The van der Waals surface area contributed by atoms with Crippen molar-refractivity contribution in [3.8, 4) is 0 Å². The number of nitrogens with one attached hydrogen (secondary N) is 1. The Morgan fingerprint density at radius 2 is 2.14 bits per heavy atom. The van der Waals surface area contributed by atoms with Crippen molar-refractivity contribution in [2.45, 2.75) is 32.3 Å². The van der Waals surface area contributed by atoms with Crippen LogP contribution in [0.15, 0.2) is 0 Å². The predicted octanol–water partition coefficient (Wildman–Crippen LogP) is 0.934. The Bertz CT molecular complexity index is 363. The summed E-state index contributed by atoms with van der Waals surface area (Å²) < 4.78 is 10.2. The maximum absolute atomic E-state index is 12.2. The van der Waals surface area contributed by atoms with E-state index in [2.05, 4.69) is 5.32 Å². The molecule has 0 aromatic carbocycles. The van der Waals surface area contributed by atoms with Crippen molar-refractivity contribution < 1.29 is 24.2 Å². The van der Waals surface area contributed by atoms with Crippen LogP contribution in [-0.2, 0) is 14.3 Å². The Morgan fingerprint density at radius 1 is 1.43 bits per heavy atom. The molecule has 0 aromatic rings. The molecule has 0 aromatic heterocycles. The molecule has 2 amide bonds. The van der Waals surface area contributed by atoms with Crippen molar-refractivity contribution in [2.75, 3.05) is 40.5 Å². The third-order valence-electron chi connectivity index (χ3n) is 4.16. The summed E-state index contributed by atoms with van der Waals surface area (Å²) >= 11 is 0. The standard InChI is InChI=1S/C14H26N2O5/c1-4-14(12(17)18)6-5-7-16(10-14)13(19)15-8-11(21-3)9-20-2/h11H,4-10H2,1-3H3,(H,15,19)(H,17,18). The number of aliphatic carboxylic acids is 1. The lowest BCUT2D eigenvalue weighted by molar-refractivity contribution is -0.152. The Morgan fingerprint density at radius 3 is 2.67 bits per heavy atom. The molecule has 1 aliphatic rings. The zero-order valence-electron chi connectivity index (χ0n) is 13.1. The summed E-state index contributed by atoms with van der Waals surface area (Å²) in [6.45, 7) is 3.43. The van der Waals surface area contributed by atoms with Gasteiger partial charge in [-0.05, 0) is 19.3 Å². The first kappa shape index (κ1) is 17.7. The lowest BCUT2D eigenvalue weighted by atomic mass is 9.78. The molecule has 0 aliphatic carbocycles. The first-order valence-corrected chi connectivity index (χ1v) is 7.27. The van der Waals surface area contributed by atoms with Gasteiger partial charge in [0.05, 0.1) is 18.1 Å². The lowest BCUT2D eigenvalue weighted by Crippen LogP contribution is -2.53. The Kier molecular flexibility index (Phi) is 6.91. The van der Waals surface area contributed by atoms with Crippen LogP contribution in [0.4, 0.5) is 4.79 Å². The van der Waals surface area contributed by atoms with Gasteiger partial charge in [0.1, 0.15) is 0 Å².